The molecule has 2 amide bonds. The van der Waals surface area contributed by atoms with Gasteiger partial charge in [-0.25, -0.2) is 4.79 Å². The lowest BCUT2D eigenvalue weighted by atomic mass is 10.4. The quantitative estimate of drug-likeness (QED) is 0.304. The van der Waals surface area contributed by atoms with Crippen molar-refractivity contribution >= 4 is 17.9 Å². The Balaban J connectivity index is 2.61. The molecule has 0 atom stereocenters. The standard InChI is InChI=1S/C6H6N2O3/c9-4-7-3-8-5(10)1-2-6(8)11/h1-3H2. The molecular weight excluding hydrogens is 148 g/mol. The zero-order valence-corrected chi connectivity index (χ0v) is 5.74. The van der Waals surface area contributed by atoms with Crippen LogP contribution in [0.1, 0.15) is 12.8 Å². The molecule has 0 N–H and O–H groups in total. The van der Waals surface area contributed by atoms with Crippen molar-refractivity contribution < 1.29 is 14.4 Å². The number of hydrogen-bond acceptors (Lipinski definition) is 4. The summed E-state index contributed by atoms with van der Waals surface area (Å²) >= 11 is 0. The SMILES string of the molecule is O=C=NCN1C(=O)CCC1=O. The molecule has 0 bridgehead atoms. The summed E-state index contributed by atoms with van der Waals surface area (Å²) in [5.74, 6) is -0.539. The first-order valence-electron chi connectivity index (χ1n) is 3.12. The molecular formula is C6H6N2O3. The van der Waals surface area contributed by atoms with E-state index in [4.69, 9.17) is 0 Å². The Morgan fingerprint density at radius 2 is 1.91 bits per heavy atom. The van der Waals surface area contributed by atoms with Crippen molar-refractivity contribution in [3.8, 4) is 0 Å². The third kappa shape index (κ3) is 1.50. The Kier molecular flexibility index (Phi) is 2.13. The lowest BCUT2D eigenvalue weighted by Gasteiger charge is -2.07. The van der Waals surface area contributed by atoms with Crippen molar-refractivity contribution in [2.45, 2.75) is 12.8 Å². The predicted octanol–water partition coefficient (Wildman–Crippen LogP) is -0.571. The Morgan fingerprint density at radius 3 is 2.36 bits per heavy atom. The maximum Gasteiger partial charge on any atom is 0.236 e. The van der Waals surface area contributed by atoms with Gasteiger partial charge in [-0.1, -0.05) is 0 Å². The van der Waals surface area contributed by atoms with Crippen molar-refractivity contribution in [1.29, 1.82) is 0 Å². The molecule has 0 saturated carbocycles. The van der Waals surface area contributed by atoms with Gasteiger partial charge >= 0.3 is 0 Å². The third-order valence-corrected chi connectivity index (χ3v) is 1.43. The van der Waals surface area contributed by atoms with Crippen LogP contribution in [-0.4, -0.2) is 29.5 Å². The molecule has 0 aromatic rings. The molecule has 11 heavy (non-hydrogen) atoms. The predicted molar refractivity (Wildman–Crippen MR) is 34.1 cm³/mol. The molecule has 1 saturated heterocycles. The number of carbonyl (C=O) groups excluding carboxylic acids is 3. The van der Waals surface area contributed by atoms with Crippen molar-refractivity contribution in [3.63, 3.8) is 0 Å². The second-order valence-corrected chi connectivity index (χ2v) is 2.11. The molecule has 1 aliphatic heterocycles. The minimum atomic E-state index is -0.269. The molecule has 0 radical (unpaired) electrons. The van der Waals surface area contributed by atoms with Crippen molar-refractivity contribution in [1.82, 2.24) is 4.90 Å². The van der Waals surface area contributed by atoms with Gasteiger partial charge in [-0.3, -0.25) is 14.5 Å². The molecule has 1 rings (SSSR count). The average molecular weight is 154 g/mol. The summed E-state index contributed by atoms with van der Waals surface area (Å²) in [6.07, 6.45) is 1.72. The molecule has 0 aliphatic carbocycles. The van der Waals surface area contributed by atoms with Gasteiger partial charge in [0.2, 0.25) is 17.9 Å². The van der Waals surface area contributed by atoms with E-state index >= 15 is 0 Å². The average Bonchev–Trinajstić information content (AvgIpc) is 2.29. The number of likely N-dealkylation sites (tertiary alicyclic amines) is 1. The van der Waals surface area contributed by atoms with Gasteiger partial charge in [0.05, 0.1) is 0 Å². The van der Waals surface area contributed by atoms with Crippen LogP contribution in [0.15, 0.2) is 4.99 Å². The summed E-state index contributed by atoms with van der Waals surface area (Å²) in [4.78, 5) is 35.3. The summed E-state index contributed by atoms with van der Waals surface area (Å²) in [6.45, 7) is -0.179. The van der Waals surface area contributed by atoms with Crippen molar-refractivity contribution in [2.75, 3.05) is 6.67 Å². The van der Waals surface area contributed by atoms with Crippen molar-refractivity contribution in [2.24, 2.45) is 4.99 Å². The zero-order chi connectivity index (χ0) is 8.27. The highest BCUT2D eigenvalue weighted by atomic mass is 16.2. The molecule has 5 nitrogen and oxygen atoms in total. The summed E-state index contributed by atoms with van der Waals surface area (Å²) in [7, 11) is 0. The van der Waals surface area contributed by atoms with E-state index < -0.39 is 0 Å². The number of nitrogens with zero attached hydrogens (tertiary/aromatic N) is 2. The number of rotatable bonds is 2. The highest BCUT2D eigenvalue weighted by Gasteiger charge is 2.27. The minimum Gasteiger partial charge on any atom is -0.274 e. The van der Waals surface area contributed by atoms with Crippen LogP contribution in [0.5, 0.6) is 0 Å². The van der Waals surface area contributed by atoms with E-state index in [1.54, 1.807) is 0 Å². The molecule has 0 aromatic carbocycles. The topological polar surface area (TPSA) is 66.8 Å². The van der Waals surface area contributed by atoms with E-state index in [0.717, 1.165) is 4.90 Å². The lowest BCUT2D eigenvalue weighted by molar-refractivity contribution is -0.138. The van der Waals surface area contributed by atoms with Gasteiger partial charge in [0.15, 0.2) is 0 Å². The van der Waals surface area contributed by atoms with Gasteiger partial charge < -0.3 is 0 Å². The Bertz CT molecular complexity index is 226. The molecule has 1 fully saturated rings. The monoisotopic (exact) mass is 154 g/mol. The zero-order valence-electron chi connectivity index (χ0n) is 5.74. The number of hydrogen-bond donors (Lipinski definition) is 0. The lowest BCUT2D eigenvalue weighted by Crippen LogP contribution is -2.28. The Hall–Kier alpha value is -1.48. The third-order valence-electron chi connectivity index (χ3n) is 1.43. The number of amides is 2. The van der Waals surface area contributed by atoms with Crippen LogP contribution in [0.2, 0.25) is 0 Å². The summed E-state index contributed by atoms with van der Waals surface area (Å²) in [5.41, 5.74) is 0. The molecule has 58 valence electrons. The second-order valence-electron chi connectivity index (χ2n) is 2.11. The minimum absolute atomic E-state index is 0.179. The van der Waals surface area contributed by atoms with E-state index in [0.29, 0.717) is 0 Å². The first-order valence-corrected chi connectivity index (χ1v) is 3.12. The van der Waals surface area contributed by atoms with Crippen molar-refractivity contribution in [3.05, 3.63) is 0 Å². The number of imide groups is 1. The summed E-state index contributed by atoms with van der Waals surface area (Å²) in [6, 6.07) is 0. The van der Waals surface area contributed by atoms with Crippen LogP contribution in [0.25, 0.3) is 0 Å². The first-order chi connectivity index (χ1) is 5.25. The molecule has 1 aliphatic rings. The van der Waals surface area contributed by atoms with Gasteiger partial charge in [0, 0.05) is 12.8 Å². The summed E-state index contributed by atoms with van der Waals surface area (Å²) < 4.78 is 0. The van der Waals surface area contributed by atoms with E-state index in [2.05, 4.69) is 4.99 Å². The van der Waals surface area contributed by atoms with Gasteiger partial charge in [0.25, 0.3) is 0 Å². The molecule has 0 spiro atoms. The maximum absolute atomic E-state index is 10.8. The largest absolute Gasteiger partial charge is 0.274 e. The number of isocyanates is 1. The van der Waals surface area contributed by atoms with Gasteiger partial charge in [0.1, 0.15) is 6.67 Å². The van der Waals surface area contributed by atoms with Crippen LogP contribution in [0, 0.1) is 0 Å². The van der Waals surface area contributed by atoms with Crippen LogP contribution in [0.3, 0.4) is 0 Å². The fraction of sp³-hybridized carbons (Fsp3) is 0.500. The van der Waals surface area contributed by atoms with E-state index in [9.17, 15) is 14.4 Å². The second kappa shape index (κ2) is 3.07. The molecule has 0 unspecified atom stereocenters. The van der Waals surface area contributed by atoms with Gasteiger partial charge in [-0.2, -0.15) is 4.99 Å². The fourth-order valence-electron chi connectivity index (χ4n) is 0.880. The number of carbonyl (C=O) groups is 2. The maximum atomic E-state index is 10.8. The van der Waals surface area contributed by atoms with Gasteiger partial charge in [-0.05, 0) is 0 Å². The highest BCUT2D eigenvalue weighted by Crippen LogP contribution is 2.10. The highest BCUT2D eigenvalue weighted by molar-refractivity contribution is 6.01. The van der Waals surface area contributed by atoms with E-state index in [1.807, 2.05) is 0 Å². The molecule has 0 aromatic heterocycles. The van der Waals surface area contributed by atoms with Crippen LogP contribution in [-0.2, 0) is 14.4 Å². The van der Waals surface area contributed by atoms with E-state index in [-0.39, 0.29) is 31.3 Å². The van der Waals surface area contributed by atoms with E-state index in [1.165, 1.54) is 6.08 Å². The first kappa shape index (κ1) is 7.63. The Labute approximate surface area is 62.7 Å². The fourth-order valence-corrected chi connectivity index (χ4v) is 0.880. The summed E-state index contributed by atoms with van der Waals surface area (Å²) in [5, 5.41) is 0. The van der Waals surface area contributed by atoms with Crippen LogP contribution < -0.4 is 0 Å². The molecule has 1 heterocycles. The molecule has 5 heteroatoms. The van der Waals surface area contributed by atoms with Crippen LogP contribution >= 0.6 is 0 Å². The Morgan fingerprint density at radius 1 is 1.36 bits per heavy atom. The van der Waals surface area contributed by atoms with Crippen LogP contribution in [0.4, 0.5) is 0 Å². The number of aliphatic imine (C=N–C) groups is 1. The smallest absolute Gasteiger partial charge is 0.236 e. The van der Waals surface area contributed by atoms with Gasteiger partial charge in [-0.15, -0.1) is 0 Å². The normalized spacial score (nSPS) is 16.9.